The maximum absolute atomic E-state index is 4.60. The van der Waals surface area contributed by atoms with Crippen LogP contribution in [0.4, 0.5) is 0 Å². The molecule has 1 aromatic rings. The van der Waals surface area contributed by atoms with Gasteiger partial charge in [0.1, 0.15) is 5.01 Å². The van der Waals surface area contributed by atoms with Crippen LogP contribution in [-0.4, -0.2) is 34.6 Å². The van der Waals surface area contributed by atoms with Crippen molar-refractivity contribution in [1.82, 2.24) is 15.2 Å². The molecule has 0 radical (unpaired) electrons. The summed E-state index contributed by atoms with van der Waals surface area (Å²) in [6.07, 6.45) is 3.13. The van der Waals surface area contributed by atoms with E-state index < -0.39 is 0 Å². The number of nitrogens with zero attached hydrogens (tertiary/aromatic N) is 2. The Morgan fingerprint density at radius 3 is 2.94 bits per heavy atom. The van der Waals surface area contributed by atoms with Gasteiger partial charge in [-0.3, -0.25) is 4.90 Å². The molecule has 0 bridgehead atoms. The van der Waals surface area contributed by atoms with E-state index in [4.69, 9.17) is 0 Å². The van der Waals surface area contributed by atoms with Gasteiger partial charge in [-0.15, -0.1) is 11.3 Å². The van der Waals surface area contributed by atoms with E-state index in [9.17, 15) is 0 Å². The molecule has 3 nitrogen and oxygen atoms in total. The van der Waals surface area contributed by atoms with Crippen molar-refractivity contribution < 1.29 is 0 Å². The van der Waals surface area contributed by atoms with Crippen LogP contribution in [0.15, 0.2) is 6.20 Å². The number of rotatable bonds is 3. The summed E-state index contributed by atoms with van der Waals surface area (Å²) in [4.78, 5) is 8.57. The monoisotopic (exact) mass is 267 g/mol. The van der Waals surface area contributed by atoms with Gasteiger partial charge in [0.25, 0.3) is 0 Å². The van der Waals surface area contributed by atoms with Crippen molar-refractivity contribution in [2.45, 2.75) is 58.7 Å². The predicted octanol–water partition coefficient (Wildman–Crippen LogP) is 2.84. The summed E-state index contributed by atoms with van der Waals surface area (Å²) >= 11 is 1.86. The molecule has 0 aromatic carbocycles. The number of thiazole rings is 1. The molecule has 1 aliphatic heterocycles. The van der Waals surface area contributed by atoms with Crippen LogP contribution >= 0.6 is 11.3 Å². The molecule has 1 aromatic heterocycles. The minimum absolute atomic E-state index is 0.200. The van der Waals surface area contributed by atoms with Gasteiger partial charge in [0.2, 0.25) is 0 Å². The van der Waals surface area contributed by atoms with E-state index in [-0.39, 0.29) is 5.54 Å². The van der Waals surface area contributed by atoms with E-state index in [1.54, 1.807) is 0 Å². The first-order valence-corrected chi connectivity index (χ1v) is 7.70. The molecule has 102 valence electrons. The summed E-state index contributed by atoms with van der Waals surface area (Å²) in [6, 6.07) is 0.994. The second-order valence-corrected chi connectivity index (χ2v) is 7.13. The summed E-state index contributed by atoms with van der Waals surface area (Å²) in [6.45, 7) is 13.5. The smallest absolute Gasteiger partial charge is 0.110 e. The third-order valence-corrected chi connectivity index (χ3v) is 5.11. The molecule has 0 spiro atoms. The minimum Gasteiger partial charge on any atom is -0.309 e. The number of piperazine rings is 1. The highest BCUT2D eigenvalue weighted by atomic mass is 32.1. The molecule has 1 aliphatic rings. The van der Waals surface area contributed by atoms with Gasteiger partial charge in [0.15, 0.2) is 0 Å². The van der Waals surface area contributed by atoms with Crippen molar-refractivity contribution in [2.75, 3.05) is 13.1 Å². The highest BCUT2D eigenvalue weighted by Crippen LogP contribution is 2.29. The Hall–Kier alpha value is -0.450. The van der Waals surface area contributed by atoms with Gasteiger partial charge in [-0.1, -0.05) is 6.92 Å². The topological polar surface area (TPSA) is 28.2 Å². The van der Waals surface area contributed by atoms with Crippen LogP contribution in [0.3, 0.4) is 0 Å². The molecule has 1 fully saturated rings. The molecule has 2 heterocycles. The molecular formula is C14H25N3S. The average Bonchev–Trinajstić information content (AvgIpc) is 2.80. The molecule has 18 heavy (non-hydrogen) atoms. The van der Waals surface area contributed by atoms with Crippen molar-refractivity contribution in [2.24, 2.45) is 0 Å². The second-order valence-electron chi connectivity index (χ2n) is 5.98. The highest BCUT2D eigenvalue weighted by molar-refractivity contribution is 7.11. The molecule has 0 aliphatic carbocycles. The van der Waals surface area contributed by atoms with Crippen LogP contribution in [0.25, 0.3) is 0 Å². The lowest BCUT2D eigenvalue weighted by atomic mass is 9.98. The van der Waals surface area contributed by atoms with E-state index in [0.717, 1.165) is 19.5 Å². The maximum Gasteiger partial charge on any atom is 0.110 e. The molecule has 2 rings (SSSR count). The first-order chi connectivity index (χ1) is 8.43. The van der Waals surface area contributed by atoms with Crippen molar-refractivity contribution >= 4 is 11.3 Å². The van der Waals surface area contributed by atoms with Gasteiger partial charge < -0.3 is 5.32 Å². The van der Waals surface area contributed by atoms with Crippen molar-refractivity contribution in [1.29, 1.82) is 0 Å². The fourth-order valence-electron chi connectivity index (χ4n) is 2.55. The Labute approximate surface area is 115 Å². The summed E-state index contributed by atoms with van der Waals surface area (Å²) in [5, 5.41) is 4.86. The molecule has 2 unspecified atom stereocenters. The van der Waals surface area contributed by atoms with E-state index in [2.05, 4.69) is 49.8 Å². The largest absolute Gasteiger partial charge is 0.309 e. The molecule has 4 heteroatoms. The Bertz CT molecular complexity index is 399. The zero-order chi connectivity index (χ0) is 13.3. The summed E-state index contributed by atoms with van der Waals surface area (Å²) in [5.41, 5.74) is 0.200. The van der Waals surface area contributed by atoms with Crippen LogP contribution < -0.4 is 5.32 Å². The summed E-state index contributed by atoms with van der Waals surface area (Å²) in [5.74, 6) is 0. The molecule has 0 amide bonds. The molecular weight excluding hydrogens is 242 g/mol. The third-order valence-electron chi connectivity index (χ3n) is 3.79. The maximum atomic E-state index is 4.60. The molecule has 1 N–H and O–H groups in total. The van der Waals surface area contributed by atoms with Gasteiger partial charge in [0.05, 0.1) is 6.04 Å². The van der Waals surface area contributed by atoms with Crippen LogP contribution in [0, 0.1) is 0 Å². The number of aryl methyl sites for hydroxylation is 1. The first kappa shape index (κ1) is 14.0. The molecule has 0 saturated carbocycles. The Morgan fingerprint density at radius 1 is 1.61 bits per heavy atom. The first-order valence-electron chi connectivity index (χ1n) is 6.88. The Balaban J connectivity index is 2.13. The van der Waals surface area contributed by atoms with Gasteiger partial charge >= 0.3 is 0 Å². The van der Waals surface area contributed by atoms with Crippen LogP contribution in [0.2, 0.25) is 0 Å². The van der Waals surface area contributed by atoms with Crippen LogP contribution in [0.1, 0.15) is 50.5 Å². The number of nitrogens with one attached hydrogen (secondary N) is 1. The number of hydrogen-bond acceptors (Lipinski definition) is 4. The van der Waals surface area contributed by atoms with E-state index in [0.29, 0.717) is 12.1 Å². The minimum atomic E-state index is 0.200. The lowest BCUT2D eigenvalue weighted by Crippen LogP contribution is -2.61. The third kappa shape index (κ3) is 2.92. The standard InChI is InChI=1S/C14H25N3S/c1-6-12-8-15-13(18-12)11(3)17-9-14(4,5)16-7-10(17)2/h8,10-11,16H,6-7,9H2,1-5H3. The summed E-state index contributed by atoms with van der Waals surface area (Å²) < 4.78 is 0. The van der Waals surface area contributed by atoms with E-state index in [1.165, 1.54) is 9.88 Å². The lowest BCUT2D eigenvalue weighted by Gasteiger charge is -2.45. The van der Waals surface area contributed by atoms with Gasteiger partial charge in [0, 0.05) is 35.7 Å². The Kier molecular flexibility index (Phi) is 4.09. The van der Waals surface area contributed by atoms with E-state index in [1.807, 2.05) is 17.5 Å². The van der Waals surface area contributed by atoms with E-state index >= 15 is 0 Å². The lowest BCUT2D eigenvalue weighted by molar-refractivity contribution is 0.0688. The number of aromatic nitrogens is 1. The average molecular weight is 267 g/mol. The normalized spacial score (nSPS) is 26.2. The van der Waals surface area contributed by atoms with Crippen LogP contribution in [0.5, 0.6) is 0 Å². The van der Waals surface area contributed by atoms with Crippen molar-refractivity contribution in [3.63, 3.8) is 0 Å². The fraction of sp³-hybridized carbons (Fsp3) is 0.786. The zero-order valence-electron chi connectivity index (χ0n) is 12.2. The van der Waals surface area contributed by atoms with Crippen molar-refractivity contribution in [3.05, 3.63) is 16.1 Å². The zero-order valence-corrected chi connectivity index (χ0v) is 13.0. The molecule has 2 atom stereocenters. The van der Waals surface area contributed by atoms with Gasteiger partial charge in [-0.2, -0.15) is 0 Å². The van der Waals surface area contributed by atoms with Crippen LogP contribution in [-0.2, 0) is 6.42 Å². The second kappa shape index (κ2) is 5.27. The SMILES string of the molecule is CCc1cnc(C(C)N2CC(C)(C)NCC2C)s1. The van der Waals surface area contributed by atoms with Gasteiger partial charge in [-0.05, 0) is 34.1 Å². The fourth-order valence-corrected chi connectivity index (χ4v) is 3.48. The number of hydrogen-bond donors (Lipinski definition) is 1. The van der Waals surface area contributed by atoms with Gasteiger partial charge in [-0.25, -0.2) is 4.98 Å². The Morgan fingerprint density at radius 2 is 2.33 bits per heavy atom. The highest BCUT2D eigenvalue weighted by Gasteiger charge is 2.34. The van der Waals surface area contributed by atoms with Crippen molar-refractivity contribution in [3.8, 4) is 0 Å². The molecule has 1 saturated heterocycles. The quantitative estimate of drug-likeness (QED) is 0.913. The summed E-state index contributed by atoms with van der Waals surface area (Å²) in [7, 11) is 0. The predicted molar refractivity (Wildman–Crippen MR) is 78.2 cm³/mol.